The maximum Gasteiger partial charge on any atom is 0.356 e. The van der Waals surface area contributed by atoms with E-state index in [0.29, 0.717) is 3.57 Å². The van der Waals surface area contributed by atoms with E-state index in [1.807, 2.05) is 22.6 Å². The summed E-state index contributed by atoms with van der Waals surface area (Å²) in [6, 6.07) is 9.45. The molecule has 0 saturated heterocycles. The van der Waals surface area contributed by atoms with Gasteiger partial charge >= 0.3 is 5.97 Å². The summed E-state index contributed by atoms with van der Waals surface area (Å²) in [5.41, 5.74) is 0.0599. The van der Waals surface area contributed by atoms with Gasteiger partial charge in [0.15, 0.2) is 5.69 Å². The summed E-state index contributed by atoms with van der Waals surface area (Å²) in [5, 5.41) is 13.1. The summed E-state index contributed by atoms with van der Waals surface area (Å²) in [6.07, 6.45) is 0. The lowest BCUT2D eigenvalue weighted by atomic mass is 10.1. The minimum Gasteiger partial charge on any atom is -0.476 e. The van der Waals surface area contributed by atoms with Crippen molar-refractivity contribution in [3.8, 4) is 16.9 Å². The van der Waals surface area contributed by atoms with Crippen LogP contribution in [0.25, 0.3) is 21.8 Å². The van der Waals surface area contributed by atoms with Crippen LogP contribution in [0.2, 0.25) is 0 Å². The van der Waals surface area contributed by atoms with Gasteiger partial charge in [-0.1, -0.05) is 12.1 Å². The van der Waals surface area contributed by atoms with Gasteiger partial charge in [0.25, 0.3) is 0 Å². The molecule has 25 heavy (non-hydrogen) atoms. The minimum atomic E-state index is -1.29. The molecule has 8 heteroatoms. The minimum absolute atomic E-state index is 0.0394. The van der Waals surface area contributed by atoms with Crippen LogP contribution in [0.5, 0.6) is 0 Å². The third-order valence-corrected chi connectivity index (χ3v) is 4.10. The summed E-state index contributed by atoms with van der Waals surface area (Å²) in [4.78, 5) is 14.3. The van der Waals surface area contributed by atoms with Crippen molar-refractivity contribution >= 4 is 34.2 Å². The Morgan fingerprint density at radius 3 is 2.52 bits per heavy atom. The van der Waals surface area contributed by atoms with Crippen molar-refractivity contribution in [1.82, 2.24) is 9.78 Å². The molecule has 3 aromatic rings. The third kappa shape index (κ3) is 3.23. The Bertz CT molecular complexity index is 1040. The molecule has 0 radical (unpaired) electrons. The van der Waals surface area contributed by atoms with Crippen molar-refractivity contribution in [2.24, 2.45) is 0 Å². The molecule has 3 rings (SSSR count). The van der Waals surface area contributed by atoms with Crippen LogP contribution in [0.1, 0.15) is 10.5 Å². The molecule has 0 fully saturated rings. The monoisotopic (exact) mass is 451 g/mol. The van der Waals surface area contributed by atoms with E-state index >= 15 is 0 Å². The van der Waals surface area contributed by atoms with E-state index in [2.05, 4.69) is 9.94 Å². The molecule has 124 valence electrons. The van der Waals surface area contributed by atoms with Gasteiger partial charge in [0.05, 0.1) is 12.3 Å². The van der Waals surface area contributed by atoms with Gasteiger partial charge in [0, 0.05) is 9.13 Å². The number of benzene rings is 2. The van der Waals surface area contributed by atoms with E-state index in [1.54, 1.807) is 6.07 Å². The van der Waals surface area contributed by atoms with Crippen LogP contribution < -0.4 is 0 Å². The second-order valence-electron chi connectivity index (χ2n) is 5.01. The van der Waals surface area contributed by atoms with Gasteiger partial charge < -0.3 is 5.11 Å². The van der Waals surface area contributed by atoms with Crippen molar-refractivity contribution in [3.63, 3.8) is 0 Å². The van der Waals surface area contributed by atoms with Gasteiger partial charge in [-0.3, -0.25) is 0 Å². The van der Waals surface area contributed by atoms with Crippen LogP contribution in [0.3, 0.4) is 0 Å². The molecule has 0 atom stereocenters. The number of hydrogen-bond donors (Lipinski definition) is 1. The lowest BCUT2D eigenvalue weighted by molar-refractivity contribution is 0.0690. The Morgan fingerprint density at radius 2 is 1.92 bits per heavy atom. The molecule has 2 aromatic carbocycles. The molecule has 0 aliphatic heterocycles. The highest BCUT2D eigenvalue weighted by Crippen LogP contribution is 2.29. The van der Waals surface area contributed by atoms with E-state index in [-0.39, 0.29) is 28.3 Å². The molecule has 0 aliphatic carbocycles. The average Bonchev–Trinajstić information content (AvgIpc) is 3.00. The first kappa shape index (κ1) is 17.0. The van der Waals surface area contributed by atoms with Crippen LogP contribution in [-0.2, 0) is 0 Å². The zero-order valence-electron chi connectivity index (χ0n) is 12.4. The zero-order valence-corrected chi connectivity index (χ0v) is 14.5. The highest BCUT2D eigenvalue weighted by molar-refractivity contribution is 14.1. The van der Waals surface area contributed by atoms with Crippen LogP contribution in [0, 0.1) is 21.8 Å². The number of hydrogen-bond acceptors (Lipinski definition) is 2. The highest BCUT2D eigenvalue weighted by Gasteiger charge is 2.19. The van der Waals surface area contributed by atoms with Crippen molar-refractivity contribution in [2.75, 3.05) is 0 Å². The van der Waals surface area contributed by atoms with Crippen molar-refractivity contribution < 1.29 is 18.7 Å². The Balaban J connectivity index is 2.24. The molecular weight excluding hydrogens is 443 g/mol. The first-order valence-corrected chi connectivity index (χ1v) is 7.94. The molecule has 1 heterocycles. The smallest absolute Gasteiger partial charge is 0.356 e. The van der Waals surface area contributed by atoms with Gasteiger partial charge in [-0.25, -0.2) is 23.1 Å². The number of halogens is 3. The number of nitrogens with zero attached hydrogens (tertiary/aromatic N) is 3. The fraction of sp³-hybridized carbons (Fsp3) is 0. The van der Waals surface area contributed by atoms with Crippen molar-refractivity contribution in [1.29, 1.82) is 0 Å². The van der Waals surface area contributed by atoms with Crippen LogP contribution in [0.15, 0.2) is 42.5 Å². The largest absolute Gasteiger partial charge is 0.476 e. The summed E-state index contributed by atoms with van der Waals surface area (Å²) in [5.74, 6) is -2.63. The SMILES string of the molecule is [C-]#[N+]c1ccc(-c2cc(C(=O)O)nn2-c2ccc(I)cc2F)cc1F. The van der Waals surface area contributed by atoms with Crippen molar-refractivity contribution in [3.05, 3.63) is 74.8 Å². The first-order chi connectivity index (χ1) is 11.9. The second kappa shape index (κ2) is 6.60. The quantitative estimate of drug-likeness (QED) is 0.465. The Labute approximate surface area is 154 Å². The second-order valence-corrected chi connectivity index (χ2v) is 6.25. The molecule has 0 aliphatic rings. The van der Waals surface area contributed by atoms with E-state index in [1.165, 1.54) is 30.3 Å². The average molecular weight is 451 g/mol. The lowest BCUT2D eigenvalue weighted by Crippen LogP contribution is -2.04. The standard InChI is InChI=1S/C17H8F2IN3O2/c1-21-13-4-2-9(6-11(13)18)16-8-14(17(24)25)22-23(16)15-5-3-10(20)7-12(15)19/h2-8H,(H,24,25). The Morgan fingerprint density at radius 1 is 1.16 bits per heavy atom. The fourth-order valence-corrected chi connectivity index (χ4v) is 2.74. The molecule has 0 spiro atoms. The van der Waals surface area contributed by atoms with Gasteiger partial charge in [-0.05, 0) is 52.9 Å². The zero-order chi connectivity index (χ0) is 18.1. The van der Waals surface area contributed by atoms with Crippen LogP contribution in [-0.4, -0.2) is 20.9 Å². The summed E-state index contributed by atoms with van der Waals surface area (Å²) in [7, 11) is 0. The lowest BCUT2D eigenvalue weighted by Gasteiger charge is -2.09. The Hall–Kier alpha value is -2.80. The number of carboxylic acids is 1. The predicted octanol–water partition coefficient (Wildman–Crippen LogP) is 4.67. The topological polar surface area (TPSA) is 59.5 Å². The van der Waals surface area contributed by atoms with E-state index < -0.39 is 17.6 Å². The summed E-state index contributed by atoms with van der Waals surface area (Å²) in [6.45, 7) is 6.88. The number of carboxylic acid groups (broad SMARTS) is 1. The molecule has 5 nitrogen and oxygen atoms in total. The molecule has 1 N–H and O–H groups in total. The van der Waals surface area contributed by atoms with Crippen LogP contribution in [0.4, 0.5) is 14.5 Å². The summed E-state index contributed by atoms with van der Waals surface area (Å²) >= 11 is 1.95. The number of rotatable bonds is 3. The summed E-state index contributed by atoms with van der Waals surface area (Å²) < 4.78 is 30.0. The van der Waals surface area contributed by atoms with Crippen LogP contribution >= 0.6 is 22.6 Å². The molecule has 1 aromatic heterocycles. The molecular formula is C17H8F2IN3O2. The maximum atomic E-state index is 14.3. The molecule has 0 unspecified atom stereocenters. The maximum absolute atomic E-state index is 14.3. The molecule has 0 saturated carbocycles. The number of aromatic nitrogens is 2. The van der Waals surface area contributed by atoms with E-state index in [0.717, 1.165) is 10.7 Å². The van der Waals surface area contributed by atoms with Gasteiger partial charge in [-0.2, -0.15) is 5.10 Å². The van der Waals surface area contributed by atoms with Gasteiger partial charge in [0.2, 0.25) is 5.69 Å². The first-order valence-electron chi connectivity index (χ1n) is 6.87. The molecule has 0 amide bonds. The van der Waals surface area contributed by atoms with Crippen molar-refractivity contribution in [2.45, 2.75) is 0 Å². The van der Waals surface area contributed by atoms with Gasteiger partial charge in [0.1, 0.15) is 17.3 Å². The van der Waals surface area contributed by atoms with E-state index in [9.17, 15) is 18.7 Å². The number of aromatic carboxylic acids is 1. The fourth-order valence-electron chi connectivity index (χ4n) is 2.28. The Kier molecular flexibility index (Phi) is 4.50. The van der Waals surface area contributed by atoms with E-state index in [4.69, 9.17) is 6.57 Å². The third-order valence-electron chi connectivity index (χ3n) is 3.43. The normalized spacial score (nSPS) is 10.5. The number of carbonyl (C=O) groups is 1. The highest BCUT2D eigenvalue weighted by atomic mass is 127. The van der Waals surface area contributed by atoms with Gasteiger partial charge in [-0.15, -0.1) is 0 Å². The predicted molar refractivity (Wildman–Crippen MR) is 94.9 cm³/mol. The molecule has 0 bridgehead atoms.